The van der Waals surface area contributed by atoms with E-state index in [1.165, 1.54) is 9.80 Å². The van der Waals surface area contributed by atoms with Gasteiger partial charge in [-0.15, -0.1) is 23.5 Å². The molecule has 3 heterocycles. The second-order valence-corrected chi connectivity index (χ2v) is 21.8. The van der Waals surface area contributed by atoms with Gasteiger partial charge in [0.2, 0.25) is 47.3 Å². The zero-order chi connectivity index (χ0) is 63.6. The Morgan fingerprint density at radius 1 is 0.368 bits per heavy atom. The quantitative estimate of drug-likeness (QED) is 0.0399. The average molecular weight is 1290 g/mol. The van der Waals surface area contributed by atoms with Gasteiger partial charge in [0.05, 0.1) is 181 Å². The number of nitrogens with zero attached hydrogens (tertiary/aromatic N) is 6. The van der Waals surface area contributed by atoms with Crippen LogP contribution in [-0.2, 0) is 105 Å². The number of carboxylic acid groups (broad SMARTS) is 4. The number of carbonyl (C=O) groups excluding carboxylic acids is 8. The van der Waals surface area contributed by atoms with Crippen molar-refractivity contribution < 1.29 is 125 Å². The standard InChI is InChI=1S/C53H84N6O26S2/c60-42(54(13-21-76-17-5-48(66)67)14-22-80-28-34-83-31-25-77-18-6-49(68)69)3-11-58-44(62)1-9-56-46(64)37-40(52(56)74)86-39-87-41-38-47(65)57(53(41)75)10-2-45(63)59(58)12-4-43(61)55(15-23-81-29-35-84-32-26-78-19-7-50(70)71)16-24-82-30-36-85-33-27-79-20-8-51(72)73/h40-41H,1-39H2,(H,66,67)(H,68,69)(H,70,71)(H,72,73). The van der Waals surface area contributed by atoms with Gasteiger partial charge < -0.3 is 77.6 Å². The van der Waals surface area contributed by atoms with Crippen LogP contribution in [-0.4, -0.2) is 321 Å². The summed E-state index contributed by atoms with van der Waals surface area (Å²) in [5, 5.41) is 35.9. The third kappa shape index (κ3) is 32.9. The predicted molar refractivity (Wildman–Crippen MR) is 303 cm³/mol. The first-order valence-corrected chi connectivity index (χ1v) is 30.7. The van der Waals surface area contributed by atoms with Crippen LogP contribution in [0.4, 0.5) is 0 Å². The molecule has 4 bridgehead atoms. The molecule has 0 radical (unpaired) electrons. The summed E-state index contributed by atoms with van der Waals surface area (Å²) in [4.78, 5) is 160. The number of amides is 8. The normalized spacial score (nSPS) is 16.9. The Morgan fingerprint density at radius 2 is 0.621 bits per heavy atom. The van der Waals surface area contributed by atoms with Crippen molar-refractivity contribution in [3.8, 4) is 0 Å². The van der Waals surface area contributed by atoms with Crippen molar-refractivity contribution in [2.45, 2.75) is 74.7 Å². The number of thioether (sulfide) groups is 2. The molecule has 3 aliphatic heterocycles. The maximum atomic E-state index is 14.7. The summed E-state index contributed by atoms with van der Waals surface area (Å²) >= 11 is 2.27. The molecule has 0 aliphatic carbocycles. The largest absolute Gasteiger partial charge is 0.481 e. The molecule has 4 N–H and O–H groups in total. The third-order valence-corrected chi connectivity index (χ3v) is 15.4. The highest BCUT2D eigenvalue weighted by Crippen LogP contribution is 2.33. The van der Waals surface area contributed by atoms with Crippen molar-refractivity contribution in [1.29, 1.82) is 0 Å². The Bertz CT molecular complexity index is 2150. The lowest BCUT2D eigenvalue weighted by Crippen LogP contribution is -2.53. The topological polar surface area (TPSA) is 398 Å². The van der Waals surface area contributed by atoms with Crippen molar-refractivity contribution in [3.63, 3.8) is 0 Å². The molecule has 0 spiro atoms. The van der Waals surface area contributed by atoms with E-state index >= 15 is 0 Å². The number of ether oxygens (including phenoxy) is 10. The molecule has 0 aromatic rings. The minimum atomic E-state index is -1.10. The highest BCUT2D eigenvalue weighted by molar-refractivity contribution is 8.17. The molecule has 0 saturated carbocycles. The molecule has 2 unspecified atom stereocenters. The van der Waals surface area contributed by atoms with Crippen LogP contribution in [0.15, 0.2) is 0 Å². The molecule has 34 heteroatoms. The van der Waals surface area contributed by atoms with Crippen molar-refractivity contribution in [2.75, 3.05) is 190 Å². The van der Waals surface area contributed by atoms with E-state index in [9.17, 15) is 57.5 Å². The van der Waals surface area contributed by atoms with Crippen LogP contribution in [0.25, 0.3) is 0 Å². The third-order valence-electron chi connectivity index (χ3n) is 12.8. The number of rotatable bonds is 48. The fourth-order valence-corrected chi connectivity index (χ4v) is 10.9. The van der Waals surface area contributed by atoms with Crippen LogP contribution < -0.4 is 0 Å². The van der Waals surface area contributed by atoms with Gasteiger partial charge in [-0.3, -0.25) is 77.4 Å². The lowest BCUT2D eigenvalue weighted by atomic mass is 10.2. The molecule has 3 fully saturated rings. The lowest BCUT2D eigenvalue weighted by Gasteiger charge is -2.36. The minimum absolute atomic E-state index is 0.00195. The summed E-state index contributed by atoms with van der Waals surface area (Å²) in [6.07, 6.45) is -3.08. The van der Waals surface area contributed by atoms with Gasteiger partial charge in [-0.05, 0) is 0 Å². The highest BCUT2D eigenvalue weighted by atomic mass is 32.2. The highest BCUT2D eigenvalue weighted by Gasteiger charge is 2.42. The fraction of sp³-hybridized carbons (Fsp3) is 0.774. The van der Waals surface area contributed by atoms with Gasteiger partial charge in [-0.1, -0.05) is 0 Å². The molecule has 87 heavy (non-hydrogen) atoms. The molecular formula is C53H84N6O26S2. The molecule has 2 atom stereocenters. The predicted octanol–water partition coefficient (Wildman–Crippen LogP) is -1.47. The Labute approximate surface area is 512 Å². The van der Waals surface area contributed by atoms with Crippen molar-refractivity contribution >= 4 is 94.7 Å². The number of hydrogen-bond donors (Lipinski definition) is 4. The molecule has 32 nitrogen and oxygen atoms in total. The molecule has 8 amide bonds. The van der Waals surface area contributed by atoms with Gasteiger partial charge in [0.15, 0.2) is 0 Å². The summed E-state index contributed by atoms with van der Waals surface area (Å²) in [5.41, 5.74) is 0. The first-order chi connectivity index (χ1) is 41.9. The first-order valence-electron chi connectivity index (χ1n) is 28.6. The number of carbonyl (C=O) groups is 12. The van der Waals surface area contributed by atoms with Crippen LogP contribution in [0.3, 0.4) is 0 Å². The number of aliphatic carboxylic acids is 4. The maximum Gasteiger partial charge on any atom is 0.305 e. The molecule has 0 aromatic carbocycles. The van der Waals surface area contributed by atoms with E-state index in [0.29, 0.717) is 0 Å². The van der Waals surface area contributed by atoms with E-state index in [1.807, 2.05) is 0 Å². The second kappa shape index (κ2) is 45.6. The second-order valence-electron chi connectivity index (χ2n) is 19.1. The van der Waals surface area contributed by atoms with E-state index in [2.05, 4.69) is 0 Å². The van der Waals surface area contributed by atoms with Crippen molar-refractivity contribution in [1.82, 2.24) is 29.6 Å². The van der Waals surface area contributed by atoms with Gasteiger partial charge in [0.1, 0.15) is 0 Å². The van der Waals surface area contributed by atoms with Gasteiger partial charge in [0.25, 0.3) is 0 Å². The summed E-state index contributed by atoms with van der Waals surface area (Å²) in [7, 11) is 0. The number of carboxylic acids is 4. The fourth-order valence-electron chi connectivity index (χ4n) is 8.18. The maximum absolute atomic E-state index is 14.7. The number of imide groups is 2. The van der Waals surface area contributed by atoms with E-state index in [-0.39, 0.29) is 215 Å². The van der Waals surface area contributed by atoms with Gasteiger partial charge in [0, 0.05) is 82.9 Å². The first kappa shape index (κ1) is 75.6. The average Bonchev–Trinajstić information content (AvgIpc) is 2.14. The molecule has 494 valence electrons. The molecule has 3 rings (SSSR count). The summed E-state index contributed by atoms with van der Waals surface area (Å²) in [6, 6.07) is 0. The summed E-state index contributed by atoms with van der Waals surface area (Å²) in [6.45, 7) is -0.404. The molecule has 3 aliphatic rings. The molecule has 3 saturated heterocycles. The molecular weight excluding hydrogens is 1200 g/mol. The SMILES string of the molecule is O=C(O)CCOCCOCCOCCN(CCOCCOCCOCCC(=O)O)C(=O)CCN1C(=O)CCN2C(=O)CC(SCSC3CC(=O)N(CCC(=O)N1CCC(=O)N(CCOCCOCCOCCC(=O)O)CCOCCC(=O)O)C3=O)C2=O. The summed E-state index contributed by atoms with van der Waals surface area (Å²) in [5.74, 6) is -9.11. The van der Waals surface area contributed by atoms with E-state index in [4.69, 9.17) is 67.8 Å². The number of fused-ring (bicyclic) bond motifs is 4. The lowest BCUT2D eigenvalue weighted by molar-refractivity contribution is -0.167. The minimum Gasteiger partial charge on any atom is -0.481 e. The van der Waals surface area contributed by atoms with E-state index in [1.54, 1.807) is 0 Å². The van der Waals surface area contributed by atoms with Crippen molar-refractivity contribution in [3.05, 3.63) is 0 Å². The Kier molecular flexibility index (Phi) is 39.6. The Hall–Kier alpha value is -5.66. The Morgan fingerprint density at radius 3 is 0.897 bits per heavy atom. The van der Waals surface area contributed by atoms with Crippen LogP contribution >= 0.6 is 23.5 Å². The van der Waals surface area contributed by atoms with E-state index < -0.39 is 120 Å². The zero-order valence-electron chi connectivity index (χ0n) is 49.0. The van der Waals surface area contributed by atoms with Gasteiger partial charge in [-0.25, -0.2) is 0 Å². The number of hydrazine groups is 1. The van der Waals surface area contributed by atoms with Gasteiger partial charge >= 0.3 is 23.9 Å². The smallest absolute Gasteiger partial charge is 0.305 e. The number of hydrogen-bond acceptors (Lipinski definition) is 24. The van der Waals surface area contributed by atoms with Crippen LogP contribution in [0.1, 0.15) is 64.2 Å². The van der Waals surface area contributed by atoms with Gasteiger partial charge in [-0.2, -0.15) is 0 Å². The zero-order valence-corrected chi connectivity index (χ0v) is 50.6. The van der Waals surface area contributed by atoms with Crippen LogP contribution in [0.5, 0.6) is 0 Å². The van der Waals surface area contributed by atoms with Crippen molar-refractivity contribution in [2.24, 2.45) is 0 Å². The summed E-state index contributed by atoms with van der Waals surface area (Å²) < 4.78 is 54.7. The van der Waals surface area contributed by atoms with E-state index in [0.717, 1.165) is 43.3 Å². The molecule has 0 aromatic heterocycles. The monoisotopic (exact) mass is 1280 g/mol. The Balaban J connectivity index is 1.87. The van der Waals surface area contributed by atoms with Crippen LogP contribution in [0.2, 0.25) is 0 Å². The van der Waals surface area contributed by atoms with Crippen LogP contribution in [0, 0.1) is 0 Å².